The fourth-order valence-corrected chi connectivity index (χ4v) is 3.23. The van der Waals surface area contributed by atoms with Crippen LogP contribution < -0.4 is 14.8 Å². The number of rotatable bonds is 7. The Labute approximate surface area is 135 Å². The van der Waals surface area contributed by atoms with Crippen LogP contribution in [0, 0.1) is 0 Å². The van der Waals surface area contributed by atoms with E-state index in [1.807, 2.05) is 25.1 Å². The minimum absolute atomic E-state index is 0.0234. The van der Waals surface area contributed by atoms with Crippen molar-refractivity contribution in [2.75, 3.05) is 27.4 Å². The molecule has 0 radical (unpaired) electrons. The van der Waals surface area contributed by atoms with Crippen LogP contribution >= 0.6 is 11.8 Å². The fraction of sp³-hybridized carbons (Fsp3) is 0.562. The highest BCUT2D eigenvalue weighted by atomic mass is 32.2. The number of amides is 1. The van der Waals surface area contributed by atoms with Crippen molar-refractivity contribution in [3.8, 4) is 11.5 Å². The van der Waals surface area contributed by atoms with Crippen molar-refractivity contribution in [1.82, 2.24) is 5.32 Å². The largest absolute Gasteiger partial charge is 0.493 e. The molecule has 6 heteroatoms. The molecule has 0 unspecified atom stereocenters. The molecule has 0 aromatic heterocycles. The third-order valence-corrected chi connectivity index (χ3v) is 4.66. The first-order valence-electron chi connectivity index (χ1n) is 7.42. The topological polar surface area (TPSA) is 56.8 Å². The zero-order valence-corrected chi connectivity index (χ0v) is 14.1. The number of carbonyl (C=O) groups is 1. The lowest BCUT2D eigenvalue weighted by Crippen LogP contribution is -2.36. The van der Waals surface area contributed by atoms with Crippen molar-refractivity contribution in [2.45, 2.75) is 36.0 Å². The van der Waals surface area contributed by atoms with Gasteiger partial charge in [0.1, 0.15) is 0 Å². The van der Waals surface area contributed by atoms with Crippen molar-refractivity contribution < 1.29 is 19.0 Å². The summed E-state index contributed by atoms with van der Waals surface area (Å²) >= 11 is 1.49. The van der Waals surface area contributed by atoms with Gasteiger partial charge in [0.25, 0.3) is 0 Å². The predicted octanol–water partition coefficient (Wildman–Crippen LogP) is 2.48. The normalized spacial score (nSPS) is 18.8. The van der Waals surface area contributed by atoms with Gasteiger partial charge in [-0.1, -0.05) is 0 Å². The van der Waals surface area contributed by atoms with Crippen LogP contribution in [0.3, 0.4) is 0 Å². The van der Waals surface area contributed by atoms with E-state index in [1.54, 1.807) is 14.2 Å². The second-order valence-corrected chi connectivity index (χ2v) is 6.57. The van der Waals surface area contributed by atoms with E-state index in [1.165, 1.54) is 11.8 Å². The molecule has 1 aromatic carbocycles. The van der Waals surface area contributed by atoms with Crippen LogP contribution in [0.4, 0.5) is 0 Å². The van der Waals surface area contributed by atoms with E-state index in [-0.39, 0.29) is 17.3 Å². The Morgan fingerprint density at radius 2 is 2.18 bits per heavy atom. The maximum Gasteiger partial charge on any atom is 0.233 e. The monoisotopic (exact) mass is 325 g/mol. The van der Waals surface area contributed by atoms with E-state index >= 15 is 0 Å². The molecule has 1 amide bonds. The zero-order chi connectivity index (χ0) is 15.9. The lowest BCUT2D eigenvalue weighted by molar-refractivity contribution is -0.120. The number of hydrogen-bond donors (Lipinski definition) is 1. The molecule has 1 saturated heterocycles. The van der Waals surface area contributed by atoms with E-state index < -0.39 is 0 Å². The Bertz CT molecular complexity index is 503. The summed E-state index contributed by atoms with van der Waals surface area (Å²) in [5.74, 6) is 1.37. The lowest BCUT2D eigenvalue weighted by atomic mass is 10.2. The molecule has 0 saturated carbocycles. The van der Waals surface area contributed by atoms with Crippen LogP contribution in [0.5, 0.6) is 11.5 Å². The van der Waals surface area contributed by atoms with Gasteiger partial charge in [0.05, 0.1) is 25.6 Å². The van der Waals surface area contributed by atoms with Gasteiger partial charge in [0, 0.05) is 18.0 Å². The van der Waals surface area contributed by atoms with E-state index in [9.17, 15) is 4.79 Å². The highest BCUT2D eigenvalue weighted by molar-refractivity contribution is 8.00. The van der Waals surface area contributed by atoms with Crippen LogP contribution in [0.15, 0.2) is 23.1 Å². The molecule has 2 rings (SSSR count). The summed E-state index contributed by atoms with van der Waals surface area (Å²) in [5, 5.41) is 2.77. The van der Waals surface area contributed by atoms with E-state index in [2.05, 4.69) is 5.32 Å². The van der Waals surface area contributed by atoms with E-state index in [0.717, 1.165) is 24.3 Å². The standard InChI is InChI=1S/C16H23NO4S/c1-11(16(18)17-10-12-5-4-8-21-12)22-13-6-7-14(19-2)15(9-13)20-3/h6-7,9,11-12H,4-5,8,10H2,1-3H3,(H,17,18)/t11-,12+/m1/s1. The molecule has 2 atom stereocenters. The third kappa shape index (κ3) is 4.55. The number of benzene rings is 1. The second kappa shape index (κ2) is 8.29. The second-order valence-electron chi connectivity index (χ2n) is 5.16. The molecule has 22 heavy (non-hydrogen) atoms. The zero-order valence-electron chi connectivity index (χ0n) is 13.3. The van der Waals surface area contributed by atoms with Crippen molar-refractivity contribution in [1.29, 1.82) is 0 Å². The van der Waals surface area contributed by atoms with Gasteiger partial charge in [-0.2, -0.15) is 0 Å². The number of thioether (sulfide) groups is 1. The molecule has 1 heterocycles. The minimum Gasteiger partial charge on any atom is -0.493 e. The van der Waals surface area contributed by atoms with Gasteiger partial charge < -0.3 is 19.5 Å². The summed E-state index contributed by atoms with van der Waals surface area (Å²) in [6, 6.07) is 5.65. The Morgan fingerprint density at radius 1 is 1.41 bits per heavy atom. The Morgan fingerprint density at radius 3 is 2.82 bits per heavy atom. The first kappa shape index (κ1) is 17.0. The van der Waals surface area contributed by atoms with Crippen molar-refractivity contribution in [3.05, 3.63) is 18.2 Å². The molecule has 122 valence electrons. The van der Waals surface area contributed by atoms with Gasteiger partial charge in [0.15, 0.2) is 11.5 Å². The Hall–Kier alpha value is -1.40. The van der Waals surface area contributed by atoms with Gasteiger partial charge in [0.2, 0.25) is 5.91 Å². The summed E-state index contributed by atoms with van der Waals surface area (Å²) in [4.78, 5) is 13.1. The van der Waals surface area contributed by atoms with Crippen LogP contribution in [-0.2, 0) is 9.53 Å². The van der Waals surface area contributed by atoms with Gasteiger partial charge in [-0.05, 0) is 38.0 Å². The smallest absolute Gasteiger partial charge is 0.233 e. The molecule has 0 bridgehead atoms. The highest BCUT2D eigenvalue weighted by Gasteiger charge is 2.19. The fourth-order valence-electron chi connectivity index (χ4n) is 2.31. The molecule has 1 N–H and O–H groups in total. The SMILES string of the molecule is COc1ccc(S[C@H](C)C(=O)NC[C@@H]2CCCO2)cc1OC. The lowest BCUT2D eigenvalue weighted by Gasteiger charge is -2.15. The van der Waals surface area contributed by atoms with Crippen molar-refractivity contribution in [2.24, 2.45) is 0 Å². The number of nitrogens with one attached hydrogen (secondary N) is 1. The van der Waals surface area contributed by atoms with Crippen LogP contribution in [-0.4, -0.2) is 44.6 Å². The molecule has 5 nitrogen and oxygen atoms in total. The van der Waals surface area contributed by atoms with Crippen LogP contribution in [0.2, 0.25) is 0 Å². The summed E-state index contributed by atoms with van der Waals surface area (Å²) in [6.45, 7) is 3.29. The maximum absolute atomic E-state index is 12.1. The summed E-state index contributed by atoms with van der Waals surface area (Å²) in [6.07, 6.45) is 2.27. The number of hydrogen-bond acceptors (Lipinski definition) is 5. The highest BCUT2D eigenvalue weighted by Crippen LogP contribution is 2.33. The van der Waals surface area contributed by atoms with E-state index in [4.69, 9.17) is 14.2 Å². The van der Waals surface area contributed by atoms with Gasteiger partial charge in [-0.25, -0.2) is 0 Å². The molecular formula is C16H23NO4S. The molecule has 1 aliphatic rings. The maximum atomic E-state index is 12.1. The number of ether oxygens (including phenoxy) is 3. The number of methoxy groups -OCH3 is 2. The molecule has 1 fully saturated rings. The molecule has 1 aliphatic heterocycles. The predicted molar refractivity (Wildman–Crippen MR) is 86.8 cm³/mol. The van der Waals surface area contributed by atoms with Gasteiger partial charge >= 0.3 is 0 Å². The summed E-state index contributed by atoms with van der Waals surface area (Å²) < 4.78 is 16.0. The van der Waals surface area contributed by atoms with Gasteiger partial charge in [-0.15, -0.1) is 11.8 Å². The average molecular weight is 325 g/mol. The molecule has 1 aromatic rings. The van der Waals surface area contributed by atoms with Gasteiger partial charge in [-0.3, -0.25) is 4.79 Å². The first-order valence-corrected chi connectivity index (χ1v) is 8.30. The Balaban J connectivity index is 1.87. The third-order valence-electron chi connectivity index (χ3n) is 3.57. The summed E-state index contributed by atoms with van der Waals surface area (Å²) in [5.41, 5.74) is 0. The quantitative estimate of drug-likeness (QED) is 0.781. The molecule has 0 spiro atoms. The van der Waals surface area contributed by atoms with Crippen molar-refractivity contribution in [3.63, 3.8) is 0 Å². The molecular weight excluding hydrogens is 302 g/mol. The van der Waals surface area contributed by atoms with Crippen LogP contribution in [0.1, 0.15) is 19.8 Å². The Kier molecular flexibility index (Phi) is 6.39. The number of carbonyl (C=O) groups excluding carboxylic acids is 1. The van der Waals surface area contributed by atoms with Crippen molar-refractivity contribution >= 4 is 17.7 Å². The van der Waals surface area contributed by atoms with Crippen LogP contribution in [0.25, 0.3) is 0 Å². The first-order chi connectivity index (χ1) is 10.6. The van der Waals surface area contributed by atoms with E-state index in [0.29, 0.717) is 18.0 Å². The summed E-state index contributed by atoms with van der Waals surface area (Å²) in [7, 11) is 3.20. The molecule has 0 aliphatic carbocycles. The average Bonchev–Trinajstić information content (AvgIpc) is 3.05. The minimum atomic E-state index is -0.181.